The minimum absolute atomic E-state index is 0.0269. The molecule has 0 heterocycles. The summed E-state index contributed by atoms with van der Waals surface area (Å²) >= 11 is 0. The van der Waals surface area contributed by atoms with Crippen LogP contribution in [0, 0.1) is 5.41 Å². The quantitative estimate of drug-likeness (QED) is 0.492. The van der Waals surface area contributed by atoms with Gasteiger partial charge >= 0.3 is 12.0 Å². The highest BCUT2D eigenvalue weighted by Crippen LogP contribution is 2.40. The van der Waals surface area contributed by atoms with Gasteiger partial charge in [0.15, 0.2) is 0 Å². The molecule has 3 amide bonds. The fourth-order valence-electron chi connectivity index (χ4n) is 2.36. The van der Waals surface area contributed by atoms with Crippen molar-refractivity contribution in [2.45, 2.75) is 51.0 Å². The minimum atomic E-state index is -0.842. The van der Waals surface area contributed by atoms with Gasteiger partial charge in [0, 0.05) is 25.6 Å². The van der Waals surface area contributed by atoms with E-state index in [4.69, 9.17) is 5.11 Å². The average Bonchev–Trinajstić information content (AvgIpc) is 3.16. The zero-order valence-electron chi connectivity index (χ0n) is 12.1. The number of nitrogens with one attached hydrogen (secondary N) is 3. The molecule has 2 aliphatic rings. The van der Waals surface area contributed by atoms with E-state index in [1.165, 1.54) is 0 Å². The molecule has 7 nitrogen and oxygen atoms in total. The van der Waals surface area contributed by atoms with Gasteiger partial charge in [-0.05, 0) is 32.1 Å². The van der Waals surface area contributed by atoms with Crippen molar-refractivity contribution in [3.05, 3.63) is 0 Å². The second-order valence-electron chi connectivity index (χ2n) is 5.99. The molecule has 0 aromatic carbocycles. The zero-order chi connectivity index (χ0) is 15.3. The summed E-state index contributed by atoms with van der Waals surface area (Å²) < 4.78 is 0. The van der Waals surface area contributed by atoms with Gasteiger partial charge in [0.2, 0.25) is 5.91 Å². The molecule has 0 atom stereocenters. The summed E-state index contributed by atoms with van der Waals surface area (Å²) in [6.45, 7) is 0.570. The van der Waals surface area contributed by atoms with Crippen molar-refractivity contribution in [2.75, 3.05) is 13.1 Å². The molecule has 0 aliphatic heterocycles. The lowest BCUT2D eigenvalue weighted by molar-refractivity contribution is -0.153. The van der Waals surface area contributed by atoms with E-state index < -0.39 is 11.4 Å². The lowest BCUT2D eigenvalue weighted by atomic mass is 9.69. The van der Waals surface area contributed by atoms with Gasteiger partial charge in [-0.25, -0.2) is 4.79 Å². The van der Waals surface area contributed by atoms with Crippen molar-refractivity contribution in [1.82, 2.24) is 16.0 Å². The lowest BCUT2D eigenvalue weighted by Gasteiger charge is -2.37. The lowest BCUT2D eigenvalue weighted by Crippen LogP contribution is -2.49. The van der Waals surface area contributed by atoms with Crippen molar-refractivity contribution in [3.8, 4) is 0 Å². The molecule has 118 valence electrons. The maximum Gasteiger partial charge on any atom is 0.314 e. The van der Waals surface area contributed by atoms with Crippen molar-refractivity contribution in [3.63, 3.8) is 0 Å². The summed E-state index contributed by atoms with van der Waals surface area (Å²) in [5, 5.41) is 17.3. The number of carboxylic acids is 1. The third-order valence-corrected chi connectivity index (χ3v) is 4.16. The number of carboxylic acid groups (broad SMARTS) is 1. The maximum absolute atomic E-state index is 11.6. The van der Waals surface area contributed by atoms with E-state index in [0.29, 0.717) is 38.3 Å². The predicted molar refractivity (Wildman–Crippen MR) is 75.7 cm³/mol. The monoisotopic (exact) mass is 297 g/mol. The first-order chi connectivity index (χ1) is 10.0. The molecule has 2 saturated carbocycles. The molecule has 0 unspecified atom stereocenters. The highest BCUT2D eigenvalue weighted by Gasteiger charge is 2.44. The Bertz CT molecular complexity index is 416. The number of aliphatic carboxylic acids is 1. The molecular formula is C14H23N3O4. The van der Waals surface area contributed by atoms with Crippen LogP contribution in [0.3, 0.4) is 0 Å². The van der Waals surface area contributed by atoms with E-state index in [0.717, 1.165) is 19.3 Å². The first kappa shape index (κ1) is 15.6. The van der Waals surface area contributed by atoms with Gasteiger partial charge in [-0.3, -0.25) is 9.59 Å². The topological polar surface area (TPSA) is 108 Å². The van der Waals surface area contributed by atoms with E-state index in [9.17, 15) is 14.4 Å². The Morgan fingerprint density at radius 3 is 2.38 bits per heavy atom. The standard InChI is InChI=1S/C14H23N3O4/c18-11(17-10-4-5-10)3-1-8-15-13(21)16-9-14(12(19)20)6-2-7-14/h10H,1-9H2,(H,17,18)(H,19,20)(H2,15,16,21). The molecule has 0 saturated heterocycles. The molecule has 0 aromatic rings. The van der Waals surface area contributed by atoms with Gasteiger partial charge in [0.1, 0.15) is 0 Å². The number of carbonyl (C=O) groups is 3. The van der Waals surface area contributed by atoms with Crippen LogP contribution in [-0.4, -0.2) is 42.1 Å². The fraction of sp³-hybridized carbons (Fsp3) is 0.786. The van der Waals surface area contributed by atoms with E-state index in [-0.39, 0.29) is 18.5 Å². The third-order valence-electron chi connectivity index (χ3n) is 4.16. The molecule has 0 aromatic heterocycles. The Morgan fingerprint density at radius 2 is 1.86 bits per heavy atom. The summed E-state index contributed by atoms with van der Waals surface area (Å²) in [5.41, 5.74) is -0.776. The summed E-state index contributed by atoms with van der Waals surface area (Å²) in [4.78, 5) is 34.1. The third kappa shape index (κ3) is 4.61. The van der Waals surface area contributed by atoms with Crippen LogP contribution in [0.1, 0.15) is 44.9 Å². The molecule has 7 heteroatoms. The molecule has 0 radical (unpaired) electrons. The zero-order valence-corrected chi connectivity index (χ0v) is 12.1. The van der Waals surface area contributed by atoms with Crippen molar-refractivity contribution in [1.29, 1.82) is 0 Å². The van der Waals surface area contributed by atoms with Crippen molar-refractivity contribution in [2.24, 2.45) is 5.41 Å². The molecular weight excluding hydrogens is 274 g/mol. The van der Waals surface area contributed by atoms with E-state index >= 15 is 0 Å². The van der Waals surface area contributed by atoms with Crippen LogP contribution in [0.2, 0.25) is 0 Å². The number of hydrogen-bond donors (Lipinski definition) is 4. The second kappa shape index (κ2) is 6.78. The molecule has 4 N–H and O–H groups in total. The highest BCUT2D eigenvalue weighted by molar-refractivity contribution is 5.79. The van der Waals surface area contributed by atoms with Crippen LogP contribution in [-0.2, 0) is 9.59 Å². The van der Waals surface area contributed by atoms with Crippen LogP contribution in [0.25, 0.3) is 0 Å². The summed E-state index contributed by atoms with van der Waals surface area (Å²) in [5.74, 6) is -0.815. The van der Waals surface area contributed by atoms with Crippen LogP contribution in [0.5, 0.6) is 0 Å². The van der Waals surface area contributed by atoms with Gasteiger partial charge in [-0.2, -0.15) is 0 Å². The van der Waals surface area contributed by atoms with Crippen molar-refractivity contribution >= 4 is 17.9 Å². The van der Waals surface area contributed by atoms with Crippen LogP contribution in [0.4, 0.5) is 4.79 Å². The Labute approximate surface area is 123 Å². The molecule has 21 heavy (non-hydrogen) atoms. The van der Waals surface area contributed by atoms with Crippen LogP contribution < -0.4 is 16.0 Å². The molecule has 0 bridgehead atoms. The molecule has 2 aliphatic carbocycles. The second-order valence-corrected chi connectivity index (χ2v) is 5.99. The predicted octanol–water partition coefficient (Wildman–Crippen LogP) is 0.599. The summed E-state index contributed by atoms with van der Waals surface area (Å²) in [6, 6.07) is -0.00595. The highest BCUT2D eigenvalue weighted by atomic mass is 16.4. The number of amides is 3. The molecule has 2 rings (SSSR count). The summed E-state index contributed by atoms with van der Waals surface area (Å²) in [6.07, 6.45) is 5.24. The fourth-order valence-corrected chi connectivity index (χ4v) is 2.36. The van der Waals surface area contributed by atoms with Gasteiger partial charge in [-0.15, -0.1) is 0 Å². The molecule has 0 spiro atoms. The maximum atomic E-state index is 11.6. The Balaban J connectivity index is 1.53. The normalized spacial score (nSPS) is 19.2. The first-order valence-electron chi connectivity index (χ1n) is 7.56. The van der Waals surface area contributed by atoms with E-state index in [1.54, 1.807) is 0 Å². The van der Waals surface area contributed by atoms with Gasteiger partial charge < -0.3 is 21.1 Å². The van der Waals surface area contributed by atoms with Crippen LogP contribution >= 0.6 is 0 Å². The first-order valence-corrected chi connectivity index (χ1v) is 7.56. The number of hydrogen-bond acceptors (Lipinski definition) is 3. The summed E-state index contributed by atoms with van der Waals surface area (Å²) in [7, 11) is 0. The average molecular weight is 297 g/mol. The van der Waals surface area contributed by atoms with Gasteiger partial charge in [0.05, 0.1) is 5.41 Å². The molecule has 2 fully saturated rings. The van der Waals surface area contributed by atoms with Crippen molar-refractivity contribution < 1.29 is 19.5 Å². The van der Waals surface area contributed by atoms with Gasteiger partial charge in [-0.1, -0.05) is 6.42 Å². The Morgan fingerprint density at radius 1 is 1.14 bits per heavy atom. The smallest absolute Gasteiger partial charge is 0.314 e. The Hall–Kier alpha value is -1.79. The Kier molecular flexibility index (Phi) is 5.03. The number of urea groups is 1. The SMILES string of the molecule is O=C(CCCNC(=O)NCC1(C(=O)O)CCC1)NC1CC1. The van der Waals surface area contributed by atoms with Gasteiger partial charge in [0.25, 0.3) is 0 Å². The van der Waals surface area contributed by atoms with Crippen LogP contribution in [0.15, 0.2) is 0 Å². The van der Waals surface area contributed by atoms with E-state index in [2.05, 4.69) is 16.0 Å². The number of carbonyl (C=O) groups excluding carboxylic acids is 2. The largest absolute Gasteiger partial charge is 0.481 e. The van der Waals surface area contributed by atoms with E-state index in [1.807, 2.05) is 0 Å². The minimum Gasteiger partial charge on any atom is -0.481 e. The number of rotatable bonds is 8.